The second-order valence-corrected chi connectivity index (χ2v) is 4.70. The molecular weight excluding hydrogens is 240 g/mol. The van der Waals surface area contributed by atoms with Crippen molar-refractivity contribution in [2.45, 2.75) is 19.9 Å². The molecule has 0 aliphatic rings. The van der Waals surface area contributed by atoms with Gasteiger partial charge in [0.15, 0.2) is 11.6 Å². The average molecular weight is 254 g/mol. The number of nitrogens with zero attached hydrogens (tertiary/aromatic N) is 2. The first-order valence-electron chi connectivity index (χ1n) is 6.23. The van der Waals surface area contributed by atoms with Crippen molar-refractivity contribution < 1.29 is 4.42 Å². The molecule has 0 radical (unpaired) electrons. The van der Waals surface area contributed by atoms with Crippen LogP contribution in [0.2, 0.25) is 0 Å². The number of hydrogen-bond acceptors (Lipinski definition) is 3. The summed E-state index contributed by atoms with van der Waals surface area (Å²) >= 11 is 0. The number of fused-ring (bicyclic) bond motifs is 1. The van der Waals surface area contributed by atoms with Crippen molar-refractivity contribution in [1.29, 1.82) is 0 Å². The van der Waals surface area contributed by atoms with E-state index in [9.17, 15) is 4.79 Å². The molecule has 0 bridgehead atoms. The molecule has 1 aromatic carbocycles. The van der Waals surface area contributed by atoms with Crippen molar-refractivity contribution in [2.24, 2.45) is 0 Å². The fraction of sp³-hybridized carbons (Fsp3) is 0.200. The van der Waals surface area contributed by atoms with Gasteiger partial charge >= 0.3 is 0 Å². The third-order valence-electron chi connectivity index (χ3n) is 3.07. The van der Waals surface area contributed by atoms with E-state index in [1.54, 1.807) is 23.0 Å². The maximum absolute atomic E-state index is 12.6. The largest absolute Gasteiger partial charge is 0.461 e. The van der Waals surface area contributed by atoms with E-state index in [0.717, 1.165) is 0 Å². The molecule has 2 heterocycles. The number of para-hydroxylation sites is 1. The molecule has 96 valence electrons. The van der Waals surface area contributed by atoms with Gasteiger partial charge in [-0.15, -0.1) is 0 Å². The zero-order chi connectivity index (χ0) is 13.4. The summed E-state index contributed by atoms with van der Waals surface area (Å²) in [6, 6.07) is 11.0. The third kappa shape index (κ3) is 1.85. The Morgan fingerprint density at radius 2 is 1.95 bits per heavy atom. The Morgan fingerprint density at radius 1 is 1.16 bits per heavy atom. The van der Waals surface area contributed by atoms with Crippen LogP contribution >= 0.6 is 0 Å². The predicted molar refractivity (Wildman–Crippen MR) is 74.1 cm³/mol. The Balaban J connectivity index is 2.43. The second-order valence-electron chi connectivity index (χ2n) is 4.70. The standard InChI is InChI=1S/C15H14N2O2/c1-10(2)17-14(13-8-5-9-19-13)16-12-7-4-3-6-11(12)15(17)18/h3-10H,1-2H3. The molecule has 4 heteroatoms. The van der Waals surface area contributed by atoms with E-state index in [-0.39, 0.29) is 11.6 Å². The van der Waals surface area contributed by atoms with Crippen molar-refractivity contribution in [1.82, 2.24) is 9.55 Å². The zero-order valence-corrected chi connectivity index (χ0v) is 10.8. The van der Waals surface area contributed by atoms with E-state index >= 15 is 0 Å². The molecule has 0 saturated heterocycles. The Labute approximate surface area is 110 Å². The van der Waals surface area contributed by atoms with Crippen molar-refractivity contribution in [3.05, 3.63) is 53.0 Å². The SMILES string of the molecule is CC(C)n1c(-c2ccco2)nc2ccccc2c1=O. The predicted octanol–water partition coefficient (Wildman–Crippen LogP) is 3.24. The fourth-order valence-corrected chi connectivity index (χ4v) is 2.20. The first kappa shape index (κ1) is 11.7. The topological polar surface area (TPSA) is 48.0 Å². The summed E-state index contributed by atoms with van der Waals surface area (Å²) in [5, 5.41) is 0.631. The van der Waals surface area contributed by atoms with Crippen LogP contribution in [0.15, 0.2) is 51.9 Å². The van der Waals surface area contributed by atoms with Crippen LogP contribution in [0, 0.1) is 0 Å². The van der Waals surface area contributed by atoms with Gasteiger partial charge in [0.25, 0.3) is 5.56 Å². The Hall–Kier alpha value is -2.36. The molecule has 4 nitrogen and oxygen atoms in total. The minimum Gasteiger partial charge on any atom is -0.461 e. The van der Waals surface area contributed by atoms with Gasteiger partial charge in [0.05, 0.1) is 17.2 Å². The maximum Gasteiger partial charge on any atom is 0.261 e. The number of furan rings is 1. The van der Waals surface area contributed by atoms with Crippen LogP contribution in [0.3, 0.4) is 0 Å². The van der Waals surface area contributed by atoms with Crippen molar-refractivity contribution in [3.8, 4) is 11.6 Å². The summed E-state index contributed by atoms with van der Waals surface area (Å²) in [7, 11) is 0. The molecule has 0 spiro atoms. The molecule has 2 aromatic heterocycles. The molecule has 3 rings (SSSR count). The lowest BCUT2D eigenvalue weighted by atomic mass is 10.2. The number of aromatic nitrogens is 2. The molecule has 3 aromatic rings. The van der Waals surface area contributed by atoms with Crippen molar-refractivity contribution in [2.75, 3.05) is 0 Å². The van der Waals surface area contributed by atoms with E-state index in [1.807, 2.05) is 38.1 Å². The van der Waals surface area contributed by atoms with Gasteiger partial charge in [0.1, 0.15) is 0 Å². The van der Waals surface area contributed by atoms with E-state index in [0.29, 0.717) is 22.5 Å². The second kappa shape index (κ2) is 4.39. The van der Waals surface area contributed by atoms with E-state index in [1.165, 1.54) is 0 Å². The molecule has 0 atom stereocenters. The molecule has 0 saturated carbocycles. The van der Waals surface area contributed by atoms with Crippen LogP contribution in [0.5, 0.6) is 0 Å². The highest BCUT2D eigenvalue weighted by Crippen LogP contribution is 2.21. The molecule has 0 fully saturated rings. The van der Waals surface area contributed by atoms with Gasteiger partial charge in [-0.2, -0.15) is 0 Å². The molecular formula is C15H14N2O2. The lowest BCUT2D eigenvalue weighted by Crippen LogP contribution is -2.25. The van der Waals surface area contributed by atoms with Gasteiger partial charge in [-0.25, -0.2) is 4.98 Å². The van der Waals surface area contributed by atoms with Crippen LogP contribution < -0.4 is 5.56 Å². The summed E-state index contributed by atoms with van der Waals surface area (Å²) in [4.78, 5) is 17.1. The van der Waals surface area contributed by atoms with Crippen molar-refractivity contribution in [3.63, 3.8) is 0 Å². The zero-order valence-electron chi connectivity index (χ0n) is 10.8. The summed E-state index contributed by atoms with van der Waals surface area (Å²) in [5.41, 5.74) is 0.655. The van der Waals surface area contributed by atoms with Gasteiger partial charge in [-0.05, 0) is 38.1 Å². The normalized spacial score (nSPS) is 11.3. The smallest absolute Gasteiger partial charge is 0.261 e. The molecule has 0 N–H and O–H groups in total. The third-order valence-corrected chi connectivity index (χ3v) is 3.07. The average Bonchev–Trinajstić information content (AvgIpc) is 2.92. The van der Waals surface area contributed by atoms with E-state index < -0.39 is 0 Å². The van der Waals surface area contributed by atoms with Gasteiger partial charge in [0.2, 0.25) is 0 Å². The highest BCUT2D eigenvalue weighted by atomic mass is 16.3. The van der Waals surface area contributed by atoms with Gasteiger partial charge in [-0.1, -0.05) is 12.1 Å². The molecule has 0 amide bonds. The molecule has 0 aliphatic heterocycles. The Kier molecular flexibility index (Phi) is 2.71. The lowest BCUT2D eigenvalue weighted by Gasteiger charge is -2.15. The summed E-state index contributed by atoms with van der Waals surface area (Å²) in [6.45, 7) is 3.93. The number of rotatable bonds is 2. The molecule has 0 aliphatic carbocycles. The van der Waals surface area contributed by atoms with Gasteiger partial charge in [0, 0.05) is 6.04 Å². The van der Waals surface area contributed by atoms with Crippen molar-refractivity contribution >= 4 is 10.9 Å². The quantitative estimate of drug-likeness (QED) is 0.705. The first-order chi connectivity index (χ1) is 9.18. The van der Waals surface area contributed by atoms with E-state index in [2.05, 4.69) is 4.98 Å². The summed E-state index contributed by atoms with van der Waals surface area (Å²) in [5.74, 6) is 1.18. The van der Waals surface area contributed by atoms with Crippen LogP contribution in [-0.2, 0) is 0 Å². The maximum atomic E-state index is 12.6. The summed E-state index contributed by atoms with van der Waals surface area (Å²) < 4.78 is 7.06. The van der Waals surface area contributed by atoms with Crippen LogP contribution in [-0.4, -0.2) is 9.55 Å². The fourth-order valence-electron chi connectivity index (χ4n) is 2.20. The number of benzene rings is 1. The van der Waals surface area contributed by atoms with Crippen LogP contribution in [0.25, 0.3) is 22.5 Å². The van der Waals surface area contributed by atoms with Gasteiger partial charge in [-0.3, -0.25) is 9.36 Å². The van der Waals surface area contributed by atoms with Crippen LogP contribution in [0.4, 0.5) is 0 Å². The minimum absolute atomic E-state index is 0.0182. The van der Waals surface area contributed by atoms with Crippen LogP contribution in [0.1, 0.15) is 19.9 Å². The van der Waals surface area contributed by atoms with E-state index in [4.69, 9.17) is 4.42 Å². The Morgan fingerprint density at radius 3 is 2.63 bits per heavy atom. The molecule has 0 unspecified atom stereocenters. The lowest BCUT2D eigenvalue weighted by molar-refractivity contribution is 0.539. The highest BCUT2D eigenvalue weighted by Gasteiger charge is 2.16. The molecule has 19 heavy (non-hydrogen) atoms. The first-order valence-corrected chi connectivity index (χ1v) is 6.23. The summed E-state index contributed by atoms with van der Waals surface area (Å²) in [6.07, 6.45) is 1.58. The highest BCUT2D eigenvalue weighted by molar-refractivity contribution is 5.79. The van der Waals surface area contributed by atoms with Gasteiger partial charge < -0.3 is 4.42 Å². The monoisotopic (exact) mass is 254 g/mol. The number of hydrogen-bond donors (Lipinski definition) is 0. The minimum atomic E-state index is -0.0352. The Bertz CT molecular complexity index is 770.